The molecule has 1 N–H and O–H groups in total. The lowest BCUT2D eigenvalue weighted by atomic mass is 9.73. The SMILES string of the molecule is C=COC(=O)N1CC(=O)C2=C(C1)NC1=C(C(=O)CCC1)C2c1ccc(F)c(Br)c1. The van der Waals surface area contributed by atoms with Gasteiger partial charge in [0.15, 0.2) is 11.6 Å². The predicted molar refractivity (Wildman–Crippen MR) is 106 cm³/mol. The summed E-state index contributed by atoms with van der Waals surface area (Å²) in [6, 6.07) is 4.52. The third-order valence-electron chi connectivity index (χ3n) is 5.36. The first-order valence-corrected chi connectivity index (χ1v) is 10.0. The van der Waals surface area contributed by atoms with Gasteiger partial charge in [0.2, 0.25) is 0 Å². The average Bonchev–Trinajstić information content (AvgIpc) is 2.69. The molecule has 0 aromatic heterocycles. The summed E-state index contributed by atoms with van der Waals surface area (Å²) in [5.41, 5.74) is 2.99. The lowest BCUT2D eigenvalue weighted by molar-refractivity contribution is -0.117. The summed E-state index contributed by atoms with van der Waals surface area (Å²) in [5.74, 6) is -1.31. The van der Waals surface area contributed by atoms with Gasteiger partial charge < -0.3 is 10.1 Å². The van der Waals surface area contributed by atoms with Crippen LogP contribution in [0, 0.1) is 5.82 Å². The van der Waals surface area contributed by atoms with Crippen molar-refractivity contribution in [2.45, 2.75) is 25.2 Å². The van der Waals surface area contributed by atoms with E-state index in [9.17, 15) is 18.8 Å². The van der Waals surface area contributed by atoms with Gasteiger partial charge in [-0.2, -0.15) is 0 Å². The number of halogens is 2. The number of nitrogens with zero attached hydrogens (tertiary/aromatic N) is 1. The van der Waals surface area contributed by atoms with Crippen LogP contribution in [0.25, 0.3) is 0 Å². The number of hydrogen-bond donors (Lipinski definition) is 1. The maximum absolute atomic E-state index is 13.8. The number of dihydropyridines is 1. The number of benzene rings is 1. The van der Waals surface area contributed by atoms with Crippen molar-refractivity contribution in [1.82, 2.24) is 10.2 Å². The van der Waals surface area contributed by atoms with E-state index in [0.717, 1.165) is 12.0 Å². The van der Waals surface area contributed by atoms with Gasteiger partial charge >= 0.3 is 6.09 Å². The molecule has 1 aromatic rings. The van der Waals surface area contributed by atoms with E-state index < -0.39 is 17.8 Å². The van der Waals surface area contributed by atoms with Gasteiger partial charge in [-0.25, -0.2) is 9.18 Å². The van der Waals surface area contributed by atoms with Gasteiger partial charge in [0, 0.05) is 34.9 Å². The van der Waals surface area contributed by atoms with E-state index in [1.165, 1.54) is 11.0 Å². The van der Waals surface area contributed by atoms with Crippen molar-refractivity contribution in [2.75, 3.05) is 13.1 Å². The van der Waals surface area contributed by atoms with E-state index >= 15 is 0 Å². The molecule has 6 nitrogen and oxygen atoms in total. The number of Topliss-reactive ketones (excluding diaryl/α,β-unsaturated/α-hetero) is 2. The largest absolute Gasteiger partial charge is 0.419 e. The highest BCUT2D eigenvalue weighted by Gasteiger charge is 2.42. The van der Waals surface area contributed by atoms with Gasteiger partial charge in [-0.1, -0.05) is 12.6 Å². The van der Waals surface area contributed by atoms with Crippen molar-refractivity contribution in [3.63, 3.8) is 0 Å². The van der Waals surface area contributed by atoms with Crippen molar-refractivity contribution in [1.29, 1.82) is 0 Å². The number of carbonyl (C=O) groups excluding carboxylic acids is 3. The molecule has 0 fully saturated rings. The van der Waals surface area contributed by atoms with Crippen molar-refractivity contribution in [2.24, 2.45) is 0 Å². The molecular formula is C21H18BrFN2O4. The number of hydrogen-bond acceptors (Lipinski definition) is 5. The second kappa shape index (κ2) is 7.59. The fraction of sp³-hybridized carbons (Fsp3) is 0.286. The maximum atomic E-state index is 13.8. The molecule has 0 bridgehead atoms. The summed E-state index contributed by atoms with van der Waals surface area (Å²) >= 11 is 3.19. The van der Waals surface area contributed by atoms with E-state index in [2.05, 4.69) is 27.8 Å². The lowest BCUT2D eigenvalue weighted by Gasteiger charge is -2.39. The molecule has 150 valence electrons. The molecule has 1 atom stereocenters. The van der Waals surface area contributed by atoms with Crippen LogP contribution in [0.2, 0.25) is 0 Å². The molecule has 1 aliphatic carbocycles. The van der Waals surface area contributed by atoms with Crippen molar-refractivity contribution in [3.8, 4) is 0 Å². The van der Waals surface area contributed by atoms with Gasteiger partial charge in [0.1, 0.15) is 5.82 Å². The molecule has 0 saturated heterocycles. The number of allylic oxidation sites excluding steroid dienone is 2. The van der Waals surface area contributed by atoms with Gasteiger partial charge in [-0.05, 0) is 46.5 Å². The Morgan fingerprint density at radius 3 is 2.69 bits per heavy atom. The number of nitrogens with one attached hydrogen (secondary N) is 1. The minimum atomic E-state index is -0.665. The quantitative estimate of drug-likeness (QED) is 0.680. The number of amides is 1. The first kappa shape index (κ1) is 19.6. The molecule has 29 heavy (non-hydrogen) atoms. The molecule has 2 heterocycles. The molecular weight excluding hydrogens is 443 g/mol. The summed E-state index contributed by atoms with van der Waals surface area (Å²) in [4.78, 5) is 39.2. The van der Waals surface area contributed by atoms with Crippen LogP contribution in [0.15, 0.2) is 58.1 Å². The highest BCUT2D eigenvalue weighted by Crippen LogP contribution is 2.44. The standard InChI is InChI=1S/C21H18BrFN2O4/c1-2-29-21(28)25-9-15-20(17(27)10-25)18(11-6-7-13(23)12(22)8-11)19-14(24-15)4-3-5-16(19)26/h2,6-8,18,24H,1,3-5,9-10H2. The smallest absolute Gasteiger partial charge is 0.415 e. The Bertz CT molecular complexity index is 1010. The molecule has 1 aromatic carbocycles. The molecule has 8 heteroatoms. The van der Waals surface area contributed by atoms with Gasteiger partial charge in [0.25, 0.3) is 0 Å². The monoisotopic (exact) mass is 460 g/mol. The molecule has 0 radical (unpaired) electrons. The minimum absolute atomic E-state index is 0.0166. The van der Waals surface area contributed by atoms with Crippen LogP contribution in [-0.4, -0.2) is 35.6 Å². The molecule has 1 amide bonds. The van der Waals surface area contributed by atoms with Crippen LogP contribution >= 0.6 is 15.9 Å². The number of rotatable bonds is 2. The number of carbonyl (C=O) groups is 3. The summed E-state index contributed by atoms with van der Waals surface area (Å²) in [7, 11) is 0. The molecule has 3 aliphatic rings. The first-order valence-electron chi connectivity index (χ1n) is 9.21. The minimum Gasteiger partial charge on any atom is -0.419 e. The molecule has 1 unspecified atom stereocenters. The lowest BCUT2D eigenvalue weighted by Crippen LogP contribution is -2.48. The van der Waals surface area contributed by atoms with Gasteiger partial charge in [0.05, 0.1) is 23.8 Å². The summed E-state index contributed by atoms with van der Waals surface area (Å²) in [5, 5.41) is 3.23. The van der Waals surface area contributed by atoms with Gasteiger partial charge in [-0.3, -0.25) is 14.5 Å². The highest BCUT2D eigenvalue weighted by atomic mass is 79.9. The van der Waals surface area contributed by atoms with E-state index in [-0.39, 0.29) is 29.1 Å². The Hall–Kier alpha value is -2.74. The van der Waals surface area contributed by atoms with E-state index in [4.69, 9.17) is 4.74 Å². The van der Waals surface area contributed by atoms with Crippen LogP contribution in [0.1, 0.15) is 30.7 Å². The Kier molecular flexibility index (Phi) is 5.12. The van der Waals surface area contributed by atoms with Crippen molar-refractivity contribution < 1.29 is 23.5 Å². The number of ketones is 2. The van der Waals surface area contributed by atoms with E-state index in [1.54, 1.807) is 12.1 Å². The molecule has 0 spiro atoms. The summed E-state index contributed by atoms with van der Waals surface area (Å²) < 4.78 is 18.9. The van der Waals surface area contributed by atoms with Crippen LogP contribution in [0.5, 0.6) is 0 Å². The Morgan fingerprint density at radius 2 is 1.97 bits per heavy atom. The van der Waals surface area contributed by atoms with Gasteiger partial charge in [-0.15, -0.1) is 0 Å². The Labute approximate surface area is 175 Å². The third-order valence-corrected chi connectivity index (χ3v) is 5.97. The maximum Gasteiger partial charge on any atom is 0.415 e. The zero-order valence-corrected chi connectivity index (χ0v) is 17.1. The highest BCUT2D eigenvalue weighted by molar-refractivity contribution is 9.10. The van der Waals surface area contributed by atoms with Crippen molar-refractivity contribution >= 4 is 33.6 Å². The zero-order chi connectivity index (χ0) is 20.7. The molecule has 4 rings (SSSR count). The number of ether oxygens (including phenoxy) is 1. The average molecular weight is 461 g/mol. The predicted octanol–water partition coefficient (Wildman–Crippen LogP) is 3.70. The van der Waals surface area contributed by atoms with E-state index in [0.29, 0.717) is 41.7 Å². The van der Waals surface area contributed by atoms with Crippen molar-refractivity contribution in [3.05, 3.63) is 69.4 Å². The zero-order valence-electron chi connectivity index (χ0n) is 15.5. The van der Waals surface area contributed by atoms with Crippen LogP contribution in [0.4, 0.5) is 9.18 Å². The topological polar surface area (TPSA) is 75.7 Å². The van der Waals surface area contributed by atoms with Crippen LogP contribution in [-0.2, 0) is 14.3 Å². The fourth-order valence-corrected chi connectivity index (χ4v) is 4.55. The first-order chi connectivity index (χ1) is 13.9. The second-order valence-corrected chi connectivity index (χ2v) is 7.98. The van der Waals surface area contributed by atoms with E-state index in [1.807, 2.05) is 0 Å². The fourth-order valence-electron chi connectivity index (χ4n) is 4.16. The third kappa shape index (κ3) is 3.42. The molecule has 0 saturated carbocycles. The Morgan fingerprint density at radius 1 is 1.21 bits per heavy atom. The normalized spacial score (nSPS) is 21.4. The van der Waals surface area contributed by atoms with Crippen LogP contribution in [0.3, 0.4) is 0 Å². The second-order valence-electron chi connectivity index (χ2n) is 7.12. The summed E-state index contributed by atoms with van der Waals surface area (Å²) in [6.45, 7) is 3.35. The Balaban J connectivity index is 1.83. The summed E-state index contributed by atoms with van der Waals surface area (Å²) in [6.07, 6.45) is 2.14. The molecule has 2 aliphatic heterocycles. The van der Waals surface area contributed by atoms with Crippen LogP contribution < -0.4 is 5.32 Å².